The van der Waals surface area contributed by atoms with Crippen molar-refractivity contribution in [3.05, 3.63) is 35.4 Å². The first kappa shape index (κ1) is 12.1. The second-order valence-corrected chi connectivity index (χ2v) is 6.29. The Bertz CT molecular complexity index is 551. The molecule has 5 heteroatoms. The average Bonchev–Trinajstić information content (AvgIpc) is 2.95. The van der Waals surface area contributed by atoms with E-state index in [0.29, 0.717) is 0 Å². The Morgan fingerprint density at radius 3 is 2.59 bits per heavy atom. The van der Waals surface area contributed by atoms with E-state index in [0.717, 1.165) is 23.8 Å². The maximum Gasteiger partial charge on any atom is 0.237 e. The van der Waals surface area contributed by atoms with Gasteiger partial charge in [0.15, 0.2) is 0 Å². The highest BCUT2D eigenvalue weighted by Crippen LogP contribution is 2.48. The van der Waals surface area contributed by atoms with Crippen molar-refractivity contribution in [1.29, 1.82) is 0 Å². The van der Waals surface area contributed by atoms with Crippen LogP contribution in [0, 0.1) is 12.8 Å². The number of nitrogens with one attached hydrogen (secondary N) is 1. The SMILES string of the molecule is Cc1ccccc1C1CC1C(=O)NS(C)(=O)=O. The Morgan fingerprint density at radius 2 is 2.00 bits per heavy atom. The standard InChI is InChI=1S/C12H15NO3S/c1-8-5-3-4-6-9(8)10-7-11(10)12(14)13-17(2,15)16/h3-6,10-11H,7H2,1-2H3,(H,13,14). The quantitative estimate of drug-likeness (QED) is 0.879. The molecule has 0 spiro atoms. The molecular weight excluding hydrogens is 238 g/mol. The molecule has 0 radical (unpaired) electrons. The summed E-state index contributed by atoms with van der Waals surface area (Å²) in [4.78, 5) is 11.6. The van der Waals surface area contributed by atoms with E-state index in [4.69, 9.17) is 0 Å². The largest absolute Gasteiger partial charge is 0.274 e. The summed E-state index contributed by atoms with van der Waals surface area (Å²) in [6.45, 7) is 2.00. The van der Waals surface area contributed by atoms with E-state index in [1.54, 1.807) is 0 Å². The van der Waals surface area contributed by atoms with Crippen molar-refractivity contribution in [2.24, 2.45) is 5.92 Å². The molecule has 2 atom stereocenters. The Hall–Kier alpha value is -1.36. The molecule has 1 saturated carbocycles. The molecule has 0 aromatic heterocycles. The summed E-state index contributed by atoms with van der Waals surface area (Å²) in [5, 5.41) is 0. The van der Waals surface area contributed by atoms with Crippen molar-refractivity contribution in [2.45, 2.75) is 19.3 Å². The molecule has 1 aromatic rings. The number of rotatable bonds is 3. The van der Waals surface area contributed by atoms with Gasteiger partial charge in [-0.2, -0.15) is 0 Å². The van der Waals surface area contributed by atoms with Crippen molar-refractivity contribution >= 4 is 15.9 Å². The lowest BCUT2D eigenvalue weighted by atomic mass is 10.0. The molecule has 2 unspecified atom stereocenters. The van der Waals surface area contributed by atoms with Crippen molar-refractivity contribution in [2.75, 3.05) is 6.26 Å². The molecule has 1 aromatic carbocycles. The number of carbonyl (C=O) groups is 1. The fourth-order valence-electron chi connectivity index (χ4n) is 2.09. The lowest BCUT2D eigenvalue weighted by molar-refractivity contribution is -0.120. The Labute approximate surface area is 101 Å². The highest BCUT2D eigenvalue weighted by atomic mass is 32.2. The van der Waals surface area contributed by atoms with Gasteiger partial charge in [-0.1, -0.05) is 24.3 Å². The number of sulfonamides is 1. The van der Waals surface area contributed by atoms with E-state index in [9.17, 15) is 13.2 Å². The maximum absolute atomic E-state index is 11.6. The molecule has 0 bridgehead atoms. The van der Waals surface area contributed by atoms with Crippen molar-refractivity contribution in [3.63, 3.8) is 0 Å². The molecular formula is C12H15NO3S. The number of aryl methyl sites for hydroxylation is 1. The summed E-state index contributed by atoms with van der Waals surface area (Å²) in [6, 6.07) is 7.88. The summed E-state index contributed by atoms with van der Waals surface area (Å²) < 4.78 is 23.9. The van der Waals surface area contributed by atoms with Gasteiger partial charge < -0.3 is 0 Å². The normalized spacial score (nSPS) is 23.2. The molecule has 2 rings (SSSR count). The van der Waals surface area contributed by atoms with Crippen LogP contribution in [-0.2, 0) is 14.8 Å². The monoisotopic (exact) mass is 253 g/mol. The first-order chi connectivity index (χ1) is 7.88. The molecule has 0 saturated heterocycles. The van der Waals surface area contributed by atoms with Gasteiger partial charge in [0, 0.05) is 5.92 Å². The van der Waals surface area contributed by atoms with Gasteiger partial charge in [-0.15, -0.1) is 0 Å². The zero-order valence-electron chi connectivity index (χ0n) is 9.80. The van der Waals surface area contributed by atoms with E-state index < -0.39 is 10.0 Å². The number of amides is 1. The fraction of sp³-hybridized carbons (Fsp3) is 0.417. The van der Waals surface area contributed by atoms with Gasteiger partial charge in [0.1, 0.15) is 0 Å². The van der Waals surface area contributed by atoms with Crippen LogP contribution in [0.15, 0.2) is 24.3 Å². The topological polar surface area (TPSA) is 63.2 Å². The van der Waals surface area contributed by atoms with Crippen LogP contribution in [0.1, 0.15) is 23.5 Å². The van der Waals surface area contributed by atoms with Gasteiger partial charge in [-0.25, -0.2) is 8.42 Å². The molecule has 1 amide bonds. The highest BCUT2D eigenvalue weighted by Gasteiger charge is 2.45. The van der Waals surface area contributed by atoms with E-state index in [1.807, 2.05) is 35.9 Å². The first-order valence-corrected chi connectivity index (χ1v) is 7.35. The van der Waals surface area contributed by atoms with E-state index in [1.165, 1.54) is 0 Å². The maximum atomic E-state index is 11.6. The Morgan fingerprint density at radius 1 is 1.35 bits per heavy atom. The molecule has 1 fully saturated rings. The van der Waals surface area contributed by atoms with Gasteiger partial charge in [0.05, 0.1) is 6.26 Å². The van der Waals surface area contributed by atoms with Crippen LogP contribution >= 0.6 is 0 Å². The third-order valence-electron chi connectivity index (χ3n) is 3.00. The molecule has 0 heterocycles. The van der Waals surface area contributed by atoms with Crippen LogP contribution in [-0.4, -0.2) is 20.6 Å². The van der Waals surface area contributed by atoms with Gasteiger partial charge >= 0.3 is 0 Å². The molecule has 0 aliphatic heterocycles. The van der Waals surface area contributed by atoms with Crippen molar-refractivity contribution in [1.82, 2.24) is 4.72 Å². The third kappa shape index (κ3) is 2.85. The molecule has 1 aliphatic rings. The van der Waals surface area contributed by atoms with Gasteiger partial charge in [-0.3, -0.25) is 9.52 Å². The Kier molecular flexibility index (Phi) is 2.95. The number of benzene rings is 1. The lowest BCUT2D eigenvalue weighted by Crippen LogP contribution is -2.30. The minimum Gasteiger partial charge on any atom is -0.274 e. The molecule has 1 aliphatic carbocycles. The second-order valence-electron chi connectivity index (χ2n) is 4.54. The molecule has 92 valence electrons. The number of hydrogen-bond acceptors (Lipinski definition) is 3. The van der Waals surface area contributed by atoms with Crippen LogP contribution < -0.4 is 4.72 Å². The van der Waals surface area contributed by atoms with Crippen LogP contribution in [0.5, 0.6) is 0 Å². The van der Waals surface area contributed by atoms with E-state index in [-0.39, 0.29) is 17.7 Å². The zero-order valence-corrected chi connectivity index (χ0v) is 10.6. The molecule has 1 N–H and O–H groups in total. The fourth-order valence-corrected chi connectivity index (χ4v) is 2.61. The molecule has 17 heavy (non-hydrogen) atoms. The van der Waals surface area contributed by atoms with Crippen LogP contribution in [0.2, 0.25) is 0 Å². The minimum absolute atomic E-state index is 0.165. The predicted molar refractivity (Wildman–Crippen MR) is 65.0 cm³/mol. The number of carbonyl (C=O) groups excluding carboxylic acids is 1. The van der Waals surface area contributed by atoms with Crippen LogP contribution in [0.3, 0.4) is 0 Å². The smallest absolute Gasteiger partial charge is 0.237 e. The second kappa shape index (κ2) is 4.14. The van der Waals surface area contributed by atoms with E-state index in [2.05, 4.69) is 0 Å². The summed E-state index contributed by atoms with van der Waals surface area (Å²) >= 11 is 0. The summed E-state index contributed by atoms with van der Waals surface area (Å²) in [5.74, 6) is -0.426. The Balaban J connectivity index is 2.07. The van der Waals surface area contributed by atoms with Gasteiger partial charge in [0.2, 0.25) is 15.9 Å². The van der Waals surface area contributed by atoms with Crippen molar-refractivity contribution < 1.29 is 13.2 Å². The van der Waals surface area contributed by atoms with Crippen molar-refractivity contribution in [3.8, 4) is 0 Å². The third-order valence-corrected chi connectivity index (χ3v) is 3.57. The highest BCUT2D eigenvalue weighted by molar-refractivity contribution is 7.89. The predicted octanol–water partition coefficient (Wildman–Crippen LogP) is 1.17. The minimum atomic E-state index is -3.44. The summed E-state index contributed by atoms with van der Waals surface area (Å²) in [6.07, 6.45) is 1.72. The molecule has 4 nitrogen and oxygen atoms in total. The summed E-state index contributed by atoms with van der Waals surface area (Å²) in [7, 11) is -3.44. The summed E-state index contributed by atoms with van der Waals surface area (Å²) in [5.41, 5.74) is 2.29. The van der Waals surface area contributed by atoms with Crippen LogP contribution in [0.4, 0.5) is 0 Å². The van der Waals surface area contributed by atoms with E-state index >= 15 is 0 Å². The number of hydrogen-bond donors (Lipinski definition) is 1. The van der Waals surface area contributed by atoms with Gasteiger partial charge in [0.25, 0.3) is 0 Å². The lowest BCUT2D eigenvalue weighted by Gasteiger charge is -2.05. The first-order valence-electron chi connectivity index (χ1n) is 5.45. The zero-order chi connectivity index (χ0) is 12.6. The van der Waals surface area contributed by atoms with Crippen LogP contribution in [0.25, 0.3) is 0 Å². The average molecular weight is 253 g/mol. The van der Waals surface area contributed by atoms with Gasteiger partial charge in [-0.05, 0) is 30.4 Å².